The molecule has 0 saturated carbocycles. The molecule has 28 valence electrons. The van der Waals surface area contributed by atoms with Crippen LogP contribution >= 0.6 is 0 Å². The van der Waals surface area contributed by atoms with Gasteiger partial charge in [-0.3, -0.25) is 0 Å². The van der Waals surface area contributed by atoms with Crippen molar-refractivity contribution in [3.63, 3.8) is 0 Å². The average molecular weight is 149 g/mol. The monoisotopic (exact) mass is 150 g/mol. The minimum absolute atomic E-state index is 0. The van der Waals surface area contributed by atoms with Gasteiger partial charge in [0.15, 0.2) is 0 Å². The fourth-order valence-corrected chi connectivity index (χ4v) is 0. The molecule has 0 fully saturated rings. The zero-order valence-corrected chi connectivity index (χ0v) is 2.91. The van der Waals surface area contributed by atoms with E-state index in [9.17, 15) is 0 Å². The molecule has 0 unspecified atom stereocenters. The molecule has 0 heterocycles. The Morgan fingerprint density at radius 1 is 0.750 bits per heavy atom. The van der Waals surface area contributed by atoms with E-state index in [0.717, 1.165) is 0 Å². The van der Waals surface area contributed by atoms with Crippen LogP contribution in [0.4, 0.5) is 0 Å². The molecule has 4 heavy (non-hydrogen) atoms. The van der Waals surface area contributed by atoms with Crippen molar-refractivity contribution in [2.24, 2.45) is 0 Å². The van der Waals surface area contributed by atoms with E-state index in [1.807, 2.05) is 0 Å². The quantitative estimate of drug-likeness (QED) is 0.447. The topological polar surface area (TPSA) is 57.0 Å². The Morgan fingerprint density at radius 2 is 0.750 bits per heavy atom. The normalized spacial score (nSPS) is 0. The van der Waals surface area contributed by atoms with Gasteiger partial charge in [0, 0.05) is 0 Å². The Balaban J connectivity index is 0. The van der Waals surface area contributed by atoms with Crippen molar-refractivity contribution in [3.8, 4) is 0 Å². The molecule has 0 spiro atoms. The second-order valence-corrected chi connectivity index (χ2v) is 0. The van der Waals surface area contributed by atoms with Gasteiger partial charge in [0.1, 0.15) is 0 Å². The molecule has 0 aromatic rings. The van der Waals surface area contributed by atoms with Gasteiger partial charge in [0.2, 0.25) is 0 Å². The van der Waals surface area contributed by atoms with Gasteiger partial charge in [-0.15, -0.1) is 0 Å². The van der Waals surface area contributed by atoms with Crippen LogP contribution in [0.15, 0.2) is 0 Å². The summed E-state index contributed by atoms with van der Waals surface area (Å²) in [5, 5.41) is 0. The zero-order valence-electron chi connectivity index (χ0n) is 1.17. The van der Waals surface area contributed by atoms with Crippen molar-refractivity contribution in [3.05, 3.63) is 0 Å². The first kappa shape index (κ1) is 193. The van der Waals surface area contributed by atoms with E-state index in [0.29, 0.717) is 0 Å². The van der Waals surface area contributed by atoms with Gasteiger partial charge in [-0.25, -0.2) is 0 Å². The first-order valence-electron chi connectivity index (χ1n) is 0. The number of hydrogen-bond donors (Lipinski definition) is 0. The zero-order chi connectivity index (χ0) is 0. The van der Waals surface area contributed by atoms with Gasteiger partial charge in [0.05, 0.1) is 0 Å². The first-order chi connectivity index (χ1) is 0. The van der Waals surface area contributed by atoms with Gasteiger partial charge in [0.25, 0.3) is 0 Å². The van der Waals surface area contributed by atoms with Crippen molar-refractivity contribution in [1.82, 2.24) is 0 Å². The molecule has 0 rings (SSSR count). The van der Waals surface area contributed by atoms with Crippen LogP contribution in [0.25, 0.3) is 0 Å². The van der Waals surface area contributed by atoms with Gasteiger partial charge < -0.3 is 11.0 Å². The Labute approximate surface area is 38.6 Å². The van der Waals surface area contributed by atoms with E-state index in [-0.39, 0.29) is 37.9 Å². The molecule has 0 bridgehead atoms. The maximum Gasteiger partial charge on any atom is 4.00 e. The third kappa shape index (κ3) is 20.5. The minimum atomic E-state index is 0. The maximum absolute atomic E-state index is 0. The summed E-state index contributed by atoms with van der Waals surface area (Å²) in [6.45, 7) is 0. The average Bonchev–Trinajstić information content (AvgIpc) is 0. The second-order valence-electron chi connectivity index (χ2n) is 0. The van der Waals surface area contributed by atoms with Crippen LogP contribution in [0.5, 0.6) is 0 Å². The Bertz CT molecular complexity index is 6.00. The van der Waals surface area contributed by atoms with Crippen molar-refractivity contribution >= 4 is 0 Å². The SMILES string of the molecule is C.[O-2].[O-2].[Ru+4]. The van der Waals surface area contributed by atoms with Crippen LogP contribution in [0.3, 0.4) is 0 Å². The Hall–Kier alpha value is 0.543. The second kappa shape index (κ2) is 77.6. The van der Waals surface area contributed by atoms with Crippen molar-refractivity contribution in [1.29, 1.82) is 0 Å². The molecule has 0 saturated heterocycles. The van der Waals surface area contributed by atoms with Crippen LogP contribution in [-0.2, 0) is 30.4 Å². The predicted octanol–water partition coefficient (Wildman–Crippen LogP) is 0.396. The molecular formula is CH4O2Ru. The fourth-order valence-electron chi connectivity index (χ4n) is 0. The summed E-state index contributed by atoms with van der Waals surface area (Å²) in [4.78, 5) is 0. The maximum atomic E-state index is 0. The van der Waals surface area contributed by atoms with Crippen LogP contribution in [0, 0.1) is 0 Å². The van der Waals surface area contributed by atoms with Gasteiger partial charge in [-0.05, 0) is 0 Å². The predicted molar refractivity (Wildman–Crippen MR) is 8.10 cm³/mol. The van der Waals surface area contributed by atoms with E-state index >= 15 is 0 Å². The van der Waals surface area contributed by atoms with E-state index in [2.05, 4.69) is 0 Å². The van der Waals surface area contributed by atoms with Crippen molar-refractivity contribution in [2.75, 3.05) is 0 Å². The minimum Gasteiger partial charge on any atom is -2.00 e. The molecule has 0 aromatic carbocycles. The molecule has 0 aliphatic carbocycles. The summed E-state index contributed by atoms with van der Waals surface area (Å²) in [6.07, 6.45) is 0. The number of hydrogen-bond acceptors (Lipinski definition) is 0. The molecule has 0 amide bonds. The van der Waals surface area contributed by atoms with Crippen LogP contribution in [0.2, 0.25) is 0 Å². The van der Waals surface area contributed by atoms with Gasteiger partial charge in [-0.2, -0.15) is 0 Å². The molecule has 0 atom stereocenters. The summed E-state index contributed by atoms with van der Waals surface area (Å²) < 4.78 is 0. The summed E-state index contributed by atoms with van der Waals surface area (Å²) in [6, 6.07) is 0. The first-order valence-corrected chi connectivity index (χ1v) is 0. The molecule has 3 heteroatoms. The van der Waals surface area contributed by atoms with Crippen molar-refractivity contribution < 1.29 is 30.4 Å². The molecule has 0 aliphatic rings. The molecular weight excluding hydrogens is 145 g/mol. The standard InChI is InChI=1S/CH4.2O.Ru/h1H4;;;/q;2*-2;+4. The smallest absolute Gasteiger partial charge is 2.00 e. The molecule has 0 aliphatic heterocycles. The largest absolute Gasteiger partial charge is 4.00 e. The van der Waals surface area contributed by atoms with Crippen LogP contribution in [0.1, 0.15) is 7.43 Å². The summed E-state index contributed by atoms with van der Waals surface area (Å²) in [5.74, 6) is 0. The van der Waals surface area contributed by atoms with Crippen LogP contribution < -0.4 is 0 Å². The van der Waals surface area contributed by atoms with Crippen molar-refractivity contribution in [2.45, 2.75) is 7.43 Å². The number of rotatable bonds is 0. The van der Waals surface area contributed by atoms with E-state index in [1.54, 1.807) is 0 Å². The van der Waals surface area contributed by atoms with Gasteiger partial charge in [-0.1, -0.05) is 7.43 Å². The van der Waals surface area contributed by atoms with Crippen LogP contribution in [-0.4, -0.2) is 0 Å². The summed E-state index contributed by atoms with van der Waals surface area (Å²) >= 11 is 0. The Morgan fingerprint density at radius 3 is 0.750 bits per heavy atom. The molecule has 0 radical (unpaired) electrons. The van der Waals surface area contributed by atoms with E-state index < -0.39 is 0 Å². The Kier molecular flexibility index (Phi) is 3750. The van der Waals surface area contributed by atoms with E-state index in [4.69, 9.17) is 0 Å². The van der Waals surface area contributed by atoms with E-state index in [1.165, 1.54) is 0 Å². The van der Waals surface area contributed by atoms with Gasteiger partial charge >= 0.3 is 19.5 Å². The molecule has 0 aromatic heterocycles. The molecule has 2 nitrogen and oxygen atoms in total. The fraction of sp³-hybridized carbons (Fsp3) is 1.00. The molecule has 0 N–H and O–H groups in total. The third-order valence-electron chi connectivity index (χ3n) is 0. The summed E-state index contributed by atoms with van der Waals surface area (Å²) in [7, 11) is 0. The third-order valence-corrected chi connectivity index (χ3v) is 0. The summed E-state index contributed by atoms with van der Waals surface area (Å²) in [5.41, 5.74) is 0.